The number of para-hydroxylation sites is 1. The largest absolute Gasteiger partial charge is 0.492 e. The van der Waals surface area contributed by atoms with Crippen LogP contribution in [0, 0.1) is 0 Å². The fraction of sp³-hybridized carbons (Fsp3) is 0.250. The molecule has 3 nitrogen and oxygen atoms in total. The average molecular weight is 334 g/mol. The van der Waals surface area contributed by atoms with Crippen LogP contribution in [0.3, 0.4) is 0 Å². The SMILES string of the molecule is Brc1cccc(OCCNC2COc3ccccc32)c1. The maximum atomic E-state index is 5.70. The van der Waals surface area contributed by atoms with E-state index in [-0.39, 0.29) is 6.04 Å². The van der Waals surface area contributed by atoms with E-state index in [9.17, 15) is 0 Å². The summed E-state index contributed by atoms with van der Waals surface area (Å²) < 4.78 is 12.4. The van der Waals surface area contributed by atoms with Crippen molar-refractivity contribution in [3.63, 3.8) is 0 Å². The summed E-state index contributed by atoms with van der Waals surface area (Å²) in [4.78, 5) is 0. The van der Waals surface area contributed by atoms with E-state index in [1.54, 1.807) is 0 Å². The molecule has 0 radical (unpaired) electrons. The van der Waals surface area contributed by atoms with Crippen LogP contribution in [-0.4, -0.2) is 19.8 Å². The highest BCUT2D eigenvalue weighted by Crippen LogP contribution is 2.31. The molecule has 0 aromatic heterocycles. The van der Waals surface area contributed by atoms with Crippen molar-refractivity contribution in [3.8, 4) is 11.5 Å². The molecule has 1 aliphatic heterocycles. The van der Waals surface area contributed by atoms with Crippen molar-refractivity contribution in [1.29, 1.82) is 0 Å². The van der Waals surface area contributed by atoms with E-state index in [0.29, 0.717) is 13.2 Å². The first-order valence-corrected chi connectivity index (χ1v) is 7.46. The van der Waals surface area contributed by atoms with Crippen molar-refractivity contribution < 1.29 is 9.47 Å². The van der Waals surface area contributed by atoms with E-state index in [1.807, 2.05) is 42.5 Å². The highest BCUT2D eigenvalue weighted by atomic mass is 79.9. The van der Waals surface area contributed by atoms with Crippen molar-refractivity contribution in [2.75, 3.05) is 19.8 Å². The molecule has 0 bridgehead atoms. The number of benzene rings is 2. The molecule has 0 saturated heterocycles. The van der Waals surface area contributed by atoms with Crippen molar-refractivity contribution in [2.24, 2.45) is 0 Å². The Morgan fingerprint density at radius 2 is 2.10 bits per heavy atom. The van der Waals surface area contributed by atoms with E-state index < -0.39 is 0 Å². The lowest BCUT2D eigenvalue weighted by Gasteiger charge is -2.12. The van der Waals surface area contributed by atoms with E-state index >= 15 is 0 Å². The van der Waals surface area contributed by atoms with Gasteiger partial charge in [0.1, 0.15) is 24.7 Å². The summed E-state index contributed by atoms with van der Waals surface area (Å²) in [6, 6.07) is 16.3. The van der Waals surface area contributed by atoms with Gasteiger partial charge >= 0.3 is 0 Å². The number of rotatable bonds is 5. The molecule has 4 heteroatoms. The summed E-state index contributed by atoms with van der Waals surface area (Å²) in [6.07, 6.45) is 0. The van der Waals surface area contributed by atoms with Gasteiger partial charge in [-0.3, -0.25) is 0 Å². The predicted octanol–water partition coefficient (Wildman–Crippen LogP) is 3.55. The van der Waals surface area contributed by atoms with Gasteiger partial charge in [0, 0.05) is 16.6 Å². The van der Waals surface area contributed by atoms with Gasteiger partial charge in [0.05, 0.1) is 6.04 Å². The first kappa shape index (κ1) is 13.5. The molecular weight excluding hydrogens is 318 g/mol. The van der Waals surface area contributed by atoms with Gasteiger partial charge < -0.3 is 14.8 Å². The van der Waals surface area contributed by atoms with Crippen LogP contribution in [0.4, 0.5) is 0 Å². The molecule has 2 aromatic rings. The van der Waals surface area contributed by atoms with Crippen molar-refractivity contribution in [2.45, 2.75) is 6.04 Å². The Labute approximate surface area is 127 Å². The van der Waals surface area contributed by atoms with Crippen LogP contribution >= 0.6 is 15.9 Å². The summed E-state index contributed by atoms with van der Waals surface area (Å²) in [5, 5.41) is 3.46. The second-order valence-electron chi connectivity index (χ2n) is 4.66. The fourth-order valence-electron chi connectivity index (χ4n) is 2.29. The van der Waals surface area contributed by atoms with E-state index in [4.69, 9.17) is 9.47 Å². The van der Waals surface area contributed by atoms with Crippen LogP contribution < -0.4 is 14.8 Å². The molecule has 0 fully saturated rings. The summed E-state index contributed by atoms with van der Waals surface area (Å²) in [5.41, 5.74) is 1.23. The van der Waals surface area contributed by atoms with Crippen molar-refractivity contribution in [1.82, 2.24) is 5.32 Å². The summed E-state index contributed by atoms with van der Waals surface area (Å²) in [6.45, 7) is 2.11. The highest BCUT2D eigenvalue weighted by molar-refractivity contribution is 9.10. The fourth-order valence-corrected chi connectivity index (χ4v) is 2.67. The normalized spacial score (nSPS) is 16.6. The van der Waals surface area contributed by atoms with E-state index in [1.165, 1.54) is 5.56 Å². The average Bonchev–Trinajstić information content (AvgIpc) is 2.87. The Morgan fingerprint density at radius 3 is 3.00 bits per heavy atom. The Bertz CT molecular complexity index is 588. The molecule has 1 heterocycles. The number of nitrogens with one attached hydrogen (secondary N) is 1. The zero-order chi connectivity index (χ0) is 13.8. The molecular formula is C16H16BrNO2. The predicted molar refractivity (Wildman–Crippen MR) is 82.3 cm³/mol. The number of hydrogen-bond acceptors (Lipinski definition) is 3. The molecule has 3 rings (SSSR count). The standard InChI is InChI=1S/C16H16BrNO2/c17-12-4-3-5-13(10-12)19-9-8-18-15-11-20-16-7-2-1-6-14(15)16/h1-7,10,15,18H,8-9,11H2. The number of hydrogen-bond donors (Lipinski definition) is 1. The second kappa shape index (κ2) is 6.29. The molecule has 1 aliphatic rings. The zero-order valence-electron chi connectivity index (χ0n) is 11.0. The minimum absolute atomic E-state index is 0.261. The summed E-state index contributed by atoms with van der Waals surface area (Å²) in [5.74, 6) is 1.86. The first-order valence-electron chi connectivity index (χ1n) is 6.66. The van der Waals surface area contributed by atoms with Gasteiger partial charge in [-0.25, -0.2) is 0 Å². The highest BCUT2D eigenvalue weighted by Gasteiger charge is 2.22. The quantitative estimate of drug-likeness (QED) is 0.849. The Hall–Kier alpha value is -1.52. The van der Waals surface area contributed by atoms with Gasteiger partial charge in [0.25, 0.3) is 0 Å². The molecule has 0 aliphatic carbocycles. The van der Waals surface area contributed by atoms with Crippen LogP contribution in [0.1, 0.15) is 11.6 Å². The molecule has 2 aromatic carbocycles. The molecule has 104 valence electrons. The molecule has 0 spiro atoms. The van der Waals surface area contributed by atoms with Crippen LogP contribution in [0.15, 0.2) is 53.0 Å². The minimum Gasteiger partial charge on any atom is -0.492 e. The minimum atomic E-state index is 0.261. The Morgan fingerprint density at radius 1 is 1.20 bits per heavy atom. The van der Waals surface area contributed by atoms with E-state index in [0.717, 1.165) is 22.5 Å². The third kappa shape index (κ3) is 3.14. The monoisotopic (exact) mass is 333 g/mol. The molecule has 1 atom stereocenters. The summed E-state index contributed by atoms with van der Waals surface area (Å²) in [7, 11) is 0. The lowest BCUT2D eigenvalue weighted by atomic mass is 10.1. The smallest absolute Gasteiger partial charge is 0.124 e. The first-order chi connectivity index (χ1) is 9.83. The number of fused-ring (bicyclic) bond motifs is 1. The Kier molecular flexibility index (Phi) is 4.23. The second-order valence-corrected chi connectivity index (χ2v) is 5.58. The van der Waals surface area contributed by atoms with Crippen LogP contribution in [-0.2, 0) is 0 Å². The third-order valence-corrected chi connectivity index (χ3v) is 3.75. The molecule has 0 amide bonds. The zero-order valence-corrected chi connectivity index (χ0v) is 12.6. The van der Waals surface area contributed by atoms with Crippen LogP contribution in [0.2, 0.25) is 0 Å². The summed E-state index contributed by atoms with van der Waals surface area (Å²) >= 11 is 3.43. The maximum absolute atomic E-state index is 5.70. The lowest BCUT2D eigenvalue weighted by Crippen LogP contribution is -2.27. The van der Waals surface area contributed by atoms with Gasteiger partial charge in [0.2, 0.25) is 0 Å². The molecule has 20 heavy (non-hydrogen) atoms. The van der Waals surface area contributed by atoms with Crippen LogP contribution in [0.25, 0.3) is 0 Å². The molecule has 1 unspecified atom stereocenters. The lowest BCUT2D eigenvalue weighted by molar-refractivity contribution is 0.280. The molecule has 0 saturated carbocycles. The van der Waals surface area contributed by atoms with Gasteiger partial charge in [-0.1, -0.05) is 40.2 Å². The number of ether oxygens (including phenoxy) is 2. The topological polar surface area (TPSA) is 30.5 Å². The third-order valence-electron chi connectivity index (χ3n) is 3.26. The van der Waals surface area contributed by atoms with E-state index in [2.05, 4.69) is 27.3 Å². The van der Waals surface area contributed by atoms with Gasteiger partial charge in [-0.2, -0.15) is 0 Å². The van der Waals surface area contributed by atoms with Crippen LogP contribution in [0.5, 0.6) is 11.5 Å². The Balaban J connectivity index is 1.47. The number of halogens is 1. The van der Waals surface area contributed by atoms with Gasteiger partial charge in [0.15, 0.2) is 0 Å². The van der Waals surface area contributed by atoms with Crippen molar-refractivity contribution >= 4 is 15.9 Å². The molecule has 1 N–H and O–H groups in total. The van der Waals surface area contributed by atoms with Gasteiger partial charge in [-0.05, 0) is 24.3 Å². The van der Waals surface area contributed by atoms with Crippen molar-refractivity contribution in [3.05, 3.63) is 58.6 Å². The maximum Gasteiger partial charge on any atom is 0.124 e. The van der Waals surface area contributed by atoms with Gasteiger partial charge in [-0.15, -0.1) is 0 Å².